The van der Waals surface area contributed by atoms with E-state index in [1.165, 1.54) is 0 Å². The SMILES string of the molecule is CC(C)(C)OC(=O)NC1CC[C@H]2CCC(C(=O)O)N2C1. The van der Waals surface area contributed by atoms with E-state index in [9.17, 15) is 14.7 Å². The number of carboxylic acid groups (broad SMARTS) is 1. The van der Waals surface area contributed by atoms with Crippen LogP contribution in [0.5, 0.6) is 0 Å². The van der Waals surface area contributed by atoms with Crippen molar-refractivity contribution in [2.45, 2.75) is 70.2 Å². The van der Waals surface area contributed by atoms with Gasteiger partial charge in [0.2, 0.25) is 0 Å². The fourth-order valence-corrected chi connectivity index (χ4v) is 3.12. The van der Waals surface area contributed by atoms with Crippen molar-refractivity contribution >= 4 is 12.1 Å². The lowest BCUT2D eigenvalue weighted by atomic mass is 9.99. The summed E-state index contributed by atoms with van der Waals surface area (Å²) in [6.45, 7) is 6.07. The lowest BCUT2D eigenvalue weighted by Crippen LogP contribution is -2.53. The highest BCUT2D eigenvalue weighted by atomic mass is 16.6. The van der Waals surface area contributed by atoms with Crippen molar-refractivity contribution in [3.8, 4) is 0 Å². The summed E-state index contributed by atoms with van der Waals surface area (Å²) in [5.74, 6) is -0.759. The van der Waals surface area contributed by atoms with E-state index in [1.807, 2.05) is 25.7 Å². The van der Waals surface area contributed by atoms with E-state index in [-0.39, 0.29) is 6.04 Å². The first kappa shape index (κ1) is 15.1. The van der Waals surface area contributed by atoms with E-state index in [0.717, 1.165) is 19.3 Å². The summed E-state index contributed by atoms with van der Waals surface area (Å²) in [5, 5.41) is 12.1. The molecule has 1 amide bonds. The van der Waals surface area contributed by atoms with Crippen LogP contribution in [0.25, 0.3) is 0 Å². The van der Waals surface area contributed by atoms with E-state index in [4.69, 9.17) is 4.74 Å². The van der Waals surface area contributed by atoms with Gasteiger partial charge in [0.1, 0.15) is 11.6 Å². The molecule has 2 rings (SSSR count). The number of nitrogens with one attached hydrogen (secondary N) is 1. The number of carbonyl (C=O) groups is 2. The maximum atomic E-state index is 11.8. The van der Waals surface area contributed by atoms with Gasteiger partial charge in [-0.05, 0) is 46.5 Å². The lowest BCUT2D eigenvalue weighted by molar-refractivity contribution is -0.143. The van der Waals surface area contributed by atoms with E-state index < -0.39 is 23.7 Å². The smallest absolute Gasteiger partial charge is 0.407 e. The van der Waals surface area contributed by atoms with Gasteiger partial charge in [-0.15, -0.1) is 0 Å². The van der Waals surface area contributed by atoms with Crippen LogP contribution in [-0.4, -0.2) is 52.3 Å². The molecule has 0 aliphatic carbocycles. The van der Waals surface area contributed by atoms with E-state index in [2.05, 4.69) is 5.32 Å². The standard InChI is InChI=1S/C14H24N2O4/c1-14(2,3)20-13(19)15-9-4-5-10-6-7-11(12(17)18)16(10)8-9/h9-11H,4-8H2,1-3H3,(H,15,19)(H,17,18)/t9?,10-,11?/m0/s1. The van der Waals surface area contributed by atoms with E-state index >= 15 is 0 Å². The number of fused-ring (bicyclic) bond motifs is 1. The largest absolute Gasteiger partial charge is 0.480 e. The number of nitrogens with zero attached hydrogens (tertiary/aromatic N) is 1. The molecule has 2 heterocycles. The molecule has 0 aromatic rings. The van der Waals surface area contributed by atoms with Gasteiger partial charge in [0, 0.05) is 18.6 Å². The number of hydrogen-bond donors (Lipinski definition) is 2. The van der Waals surface area contributed by atoms with Crippen LogP contribution in [0.2, 0.25) is 0 Å². The Hall–Kier alpha value is -1.30. The van der Waals surface area contributed by atoms with Gasteiger partial charge in [-0.25, -0.2) is 4.79 Å². The van der Waals surface area contributed by atoms with Gasteiger partial charge >= 0.3 is 12.1 Å². The van der Waals surface area contributed by atoms with Crippen molar-refractivity contribution in [2.75, 3.05) is 6.54 Å². The lowest BCUT2D eigenvalue weighted by Gasteiger charge is -2.37. The molecular weight excluding hydrogens is 260 g/mol. The highest BCUT2D eigenvalue weighted by Gasteiger charge is 2.41. The highest BCUT2D eigenvalue weighted by molar-refractivity contribution is 5.74. The number of hydrogen-bond acceptors (Lipinski definition) is 4. The van der Waals surface area contributed by atoms with Gasteiger partial charge in [0.05, 0.1) is 0 Å². The summed E-state index contributed by atoms with van der Waals surface area (Å²) in [4.78, 5) is 25.0. The van der Waals surface area contributed by atoms with Gasteiger partial charge in [-0.1, -0.05) is 0 Å². The van der Waals surface area contributed by atoms with Gasteiger partial charge in [-0.3, -0.25) is 9.69 Å². The Labute approximate surface area is 119 Å². The van der Waals surface area contributed by atoms with Crippen LogP contribution in [0.1, 0.15) is 46.5 Å². The van der Waals surface area contributed by atoms with Gasteiger partial charge < -0.3 is 15.2 Å². The fourth-order valence-electron chi connectivity index (χ4n) is 3.12. The number of ether oxygens (including phenoxy) is 1. The number of piperidine rings is 1. The van der Waals surface area contributed by atoms with E-state index in [0.29, 0.717) is 19.0 Å². The zero-order chi connectivity index (χ0) is 14.9. The predicted octanol–water partition coefficient (Wildman–Crippen LogP) is 1.59. The summed E-state index contributed by atoms with van der Waals surface area (Å²) in [5.41, 5.74) is -0.515. The van der Waals surface area contributed by atoms with Crippen molar-refractivity contribution in [3.63, 3.8) is 0 Å². The van der Waals surface area contributed by atoms with Crippen LogP contribution in [-0.2, 0) is 9.53 Å². The molecule has 0 aromatic heterocycles. The molecule has 2 aliphatic heterocycles. The molecule has 2 fully saturated rings. The third kappa shape index (κ3) is 3.62. The molecule has 0 spiro atoms. The van der Waals surface area contributed by atoms with Crippen LogP contribution >= 0.6 is 0 Å². The minimum Gasteiger partial charge on any atom is -0.480 e. The minimum absolute atomic E-state index is 0.0268. The molecule has 114 valence electrons. The Morgan fingerprint density at radius 3 is 2.45 bits per heavy atom. The van der Waals surface area contributed by atoms with Crippen LogP contribution in [0.4, 0.5) is 4.79 Å². The second-order valence-corrected chi connectivity index (χ2v) is 6.70. The molecule has 0 bridgehead atoms. The molecule has 0 saturated carbocycles. The maximum absolute atomic E-state index is 11.8. The zero-order valence-electron chi connectivity index (χ0n) is 12.4. The van der Waals surface area contributed by atoms with Crippen LogP contribution in [0.3, 0.4) is 0 Å². The second-order valence-electron chi connectivity index (χ2n) is 6.70. The van der Waals surface area contributed by atoms with Crippen LogP contribution in [0.15, 0.2) is 0 Å². The first-order chi connectivity index (χ1) is 9.26. The van der Waals surface area contributed by atoms with Crippen molar-refractivity contribution < 1.29 is 19.4 Å². The second kappa shape index (κ2) is 5.60. The molecule has 6 heteroatoms. The molecule has 6 nitrogen and oxygen atoms in total. The fraction of sp³-hybridized carbons (Fsp3) is 0.857. The third-order valence-electron chi connectivity index (χ3n) is 3.93. The molecule has 0 aromatic carbocycles. The normalized spacial score (nSPS) is 30.6. The first-order valence-corrected chi connectivity index (χ1v) is 7.24. The Bertz CT molecular complexity index is 391. The zero-order valence-corrected chi connectivity index (χ0v) is 12.4. The summed E-state index contributed by atoms with van der Waals surface area (Å²) >= 11 is 0. The molecule has 2 unspecified atom stereocenters. The monoisotopic (exact) mass is 284 g/mol. The minimum atomic E-state index is -0.759. The third-order valence-corrected chi connectivity index (χ3v) is 3.93. The summed E-state index contributed by atoms with van der Waals surface area (Å²) in [6.07, 6.45) is 3.04. The molecular formula is C14H24N2O4. The molecule has 2 N–H and O–H groups in total. The van der Waals surface area contributed by atoms with Crippen molar-refractivity contribution in [1.29, 1.82) is 0 Å². The maximum Gasteiger partial charge on any atom is 0.407 e. The Balaban J connectivity index is 1.89. The quantitative estimate of drug-likeness (QED) is 0.805. The molecule has 20 heavy (non-hydrogen) atoms. The highest BCUT2D eigenvalue weighted by Crippen LogP contribution is 2.31. The number of carbonyl (C=O) groups excluding carboxylic acids is 1. The predicted molar refractivity (Wildman–Crippen MR) is 73.5 cm³/mol. The molecule has 3 atom stereocenters. The summed E-state index contributed by atoms with van der Waals surface area (Å²) in [7, 11) is 0. The number of alkyl carbamates (subject to hydrolysis) is 1. The molecule has 2 aliphatic rings. The van der Waals surface area contributed by atoms with Gasteiger partial charge in [0.25, 0.3) is 0 Å². The topological polar surface area (TPSA) is 78.9 Å². The van der Waals surface area contributed by atoms with Crippen molar-refractivity contribution in [2.24, 2.45) is 0 Å². The van der Waals surface area contributed by atoms with Crippen LogP contribution < -0.4 is 5.32 Å². The van der Waals surface area contributed by atoms with Gasteiger partial charge in [0.15, 0.2) is 0 Å². The first-order valence-electron chi connectivity index (χ1n) is 7.24. The average Bonchev–Trinajstić information content (AvgIpc) is 2.69. The summed E-state index contributed by atoms with van der Waals surface area (Å²) < 4.78 is 5.24. The Morgan fingerprint density at radius 1 is 1.20 bits per heavy atom. The Kier molecular flexibility index (Phi) is 4.22. The number of carboxylic acids is 1. The average molecular weight is 284 g/mol. The Morgan fingerprint density at radius 2 is 1.85 bits per heavy atom. The summed E-state index contributed by atoms with van der Waals surface area (Å²) in [6, 6.07) is -0.0722. The number of aliphatic carboxylic acids is 1. The number of amides is 1. The number of rotatable bonds is 2. The van der Waals surface area contributed by atoms with Crippen molar-refractivity contribution in [3.05, 3.63) is 0 Å². The van der Waals surface area contributed by atoms with Crippen molar-refractivity contribution in [1.82, 2.24) is 10.2 Å². The molecule has 0 radical (unpaired) electrons. The molecule has 2 saturated heterocycles. The van der Waals surface area contributed by atoms with E-state index in [1.54, 1.807) is 0 Å². The van der Waals surface area contributed by atoms with Gasteiger partial charge in [-0.2, -0.15) is 0 Å². The van der Waals surface area contributed by atoms with Crippen LogP contribution in [0, 0.1) is 0 Å².